The third-order valence-corrected chi connectivity index (χ3v) is 4.44. The van der Waals surface area contributed by atoms with Crippen LogP contribution < -0.4 is 0 Å². The van der Waals surface area contributed by atoms with Crippen LogP contribution in [0, 0.1) is 0 Å². The Bertz CT molecular complexity index is 678. The molecule has 0 spiro atoms. The zero-order valence-electron chi connectivity index (χ0n) is 12.4. The maximum atomic E-state index is 12.6. The van der Waals surface area contributed by atoms with E-state index in [4.69, 9.17) is 0 Å². The number of H-pyrrole nitrogens is 1. The predicted octanol–water partition coefficient (Wildman–Crippen LogP) is 4.38. The van der Waals surface area contributed by atoms with Crippen LogP contribution in [0.5, 0.6) is 0 Å². The normalized spacial score (nSPS) is 16.2. The van der Waals surface area contributed by atoms with Gasteiger partial charge < -0.3 is 4.98 Å². The van der Waals surface area contributed by atoms with E-state index in [-0.39, 0.29) is 18.0 Å². The van der Waals surface area contributed by atoms with Crippen molar-refractivity contribution in [1.82, 2.24) is 4.98 Å². The molecule has 0 amide bonds. The number of hydrogen-bond acceptors (Lipinski definition) is 2. The molecule has 1 aliphatic carbocycles. The van der Waals surface area contributed by atoms with Crippen molar-refractivity contribution < 1.29 is 9.59 Å². The lowest BCUT2D eigenvalue weighted by Gasteiger charge is -2.21. The monoisotopic (exact) mass is 283 g/mol. The number of nitrogens with one attached hydrogen (secondary N) is 1. The van der Waals surface area contributed by atoms with Gasteiger partial charge in [-0.15, -0.1) is 0 Å². The molecule has 21 heavy (non-hydrogen) atoms. The fourth-order valence-corrected chi connectivity index (χ4v) is 3.48. The Balaban J connectivity index is 2.09. The number of hydrogen-bond donors (Lipinski definition) is 1. The molecule has 110 valence electrons. The predicted molar refractivity (Wildman–Crippen MR) is 83.8 cm³/mol. The van der Waals surface area contributed by atoms with Crippen molar-refractivity contribution in [2.24, 2.45) is 0 Å². The van der Waals surface area contributed by atoms with Crippen molar-refractivity contribution >= 4 is 22.5 Å². The van der Waals surface area contributed by atoms with Gasteiger partial charge in [0.05, 0.1) is 6.42 Å². The maximum Gasteiger partial charge on any atom is 0.172 e. The molecule has 0 bridgehead atoms. The van der Waals surface area contributed by atoms with Crippen molar-refractivity contribution in [2.45, 2.75) is 51.4 Å². The molecule has 3 rings (SSSR count). The zero-order valence-corrected chi connectivity index (χ0v) is 12.4. The average molecular weight is 283 g/mol. The minimum atomic E-state index is -0.0696. The minimum absolute atomic E-state index is 0.00156. The van der Waals surface area contributed by atoms with Crippen molar-refractivity contribution in [3.63, 3.8) is 0 Å². The summed E-state index contributed by atoms with van der Waals surface area (Å²) in [5, 5.41) is 0.962. The van der Waals surface area contributed by atoms with E-state index in [1.165, 1.54) is 26.2 Å². The highest BCUT2D eigenvalue weighted by Crippen LogP contribution is 2.37. The average Bonchev–Trinajstić information content (AvgIpc) is 2.87. The largest absolute Gasteiger partial charge is 0.358 e. The molecule has 1 aliphatic rings. The van der Waals surface area contributed by atoms with Crippen molar-refractivity contribution in [3.05, 3.63) is 35.5 Å². The van der Waals surface area contributed by atoms with E-state index in [9.17, 15) is 9.59 Å². The molecule has 0 unspecified atom stereocenters. The molecular formula is C18H21NO2. The minimum Gasteiger partial charge on any atom is -0.358 e. The molecule has 1 heterocycles. The lowest BCUT2D eigenvalue weighted by atomic mass is 9.84. The molecule has 1 aromatic carbocycles. The van der Waals surface area contributed by atoms with Crippen LogP contribution in [0.15, 0.2) is 24.3 Å². The Morgan fingerprint density at radius 3 is 2.57 bits per heavy atom. The molecule has 1 aromatic heterocycles. The first-order valence-electron chi connectivity index (χ1n) is 7.80. The Hall–Kier alpha value is -1.90. The number of ketones is 2. The summed E-state index contributed by atoms with van der Waals surface area (Å²) in [5.74, 6) is 0.317. The second-order valence-electron chi connectivity index (χ2n) is 6.10. The van der Waals surface area contributed by atoms with Gasteiger partial charge >= 0.3 is 0 Å². The summed E-state index contributed by atoms with van der Waals surface area (Å²) in [7, 11) is 0. The summed E-state index contributed by atoms with van der Waals surface area (Å²) >= 11 is 0. The number of aromatic nitrogens is 1. The molecule has 0 saturated heterocycles. The molecule has 1 fully saturated rings. The first-order valence-corrected chi connectivity index (χ1v) is 7.80. The maximum absolute atomic E-state index is 12.6. The van der Waals surface area contributed by atoms with Crippen LogP contribution in [0.25, 0.3) is 10.9 Å². The van der Waals surface area contributed by atoms with Crippen molar-refractivity contribution in [1.29, 1.82) is 0 Å². The van der Waals surface area contributed by atoms with Gasteiger partial charge in [0, 0.05) is 22.2 Å². The Morgan fingerprint density at radius 2 is 1.86 bits per heavy atom. The van der Waals surface area contributed by atoms with Gasteiger partial charge in [-0.25, -0.2) is 0 Å². The van der Waals surface area contributed by atoms with E-state index in [2.05, 4.69) is 4.98 Å². The quantitative estimate of drug-likeness (QED) is 0.668. The van der Waals surface area contributed by atoms with Gasteiger partial charge in [0.2, 0.25) is 0 Å². The molecule has 0 radical (unpaired) electrons. The van der Waals surface area contributed by atoms with Gasteiger partial charge in [-0.05, 0) is 31.7 Å². The van der Waals surface area contributed by atoms with Gasteiger partial charge in [0.1, 0.15) is 5.78 Å². The van der Waals surface area contributed by atoms with Gasteiger partial charge in [-0.2, -0.15) is 0 Å². The standard InChI is InChI=1S/C18H21NO2/c1-12(20)11-16(21)17-14-9-5-6-10-15(14)19-18(17)13-7-3-2-4-8-13/h5-6,9-10,13,19H,2-4,7-8,11H2,1H3. The van der Waals surface area contributed by atoms with Gasteiger partial charge in [0.15, 0.2) is 5.78 Å². The molecular weight excluding hydrogens is 262 g/mol. The number of fused-ring (bicyclic) bond motifs is 1. The summed E-state index contributed by atoms with van der Waals surface area (Å²) < 4.78 is 0. The number of carbonyl (C=O) groups is 2. The number of Topliss-reactive ketones (excluding diaryl/α,β-unsaturated/α-hetero) is 2. The molecule has 3 nitrogen and oxygen atoms in total. The van der Waals surface area contributed by atoms with Gasteiger partial charge in [-0.1, -0.05) is 37.5 Å². The molecule has 2 aromatic rings. The lowest BCUT2D eigenvalue weighted by Crippen LogP contribution is -2.12. The Morgan fingerprint density at radius 1 is 1.14 bits per heavy atom. The number of benzene rings is 1. The second-order valence-corrected chi connectivity index (χ2v) is 6.10. The summed E-state index contributed by atoms with van der Waals surface area (Å²) in [4.78, 5) is 27.4. The summed E-state index contributed by atoms with van der Waals surface area (Å²) in [6.07, 6.45) is 6.00. The second kappa shape index (κ2) is 5.84. The van der Waals surface area contributed by atoms with Crippen LogP contribution in [0.1, 0.15) is 67.4 Å². The number of para-hydroxylation sites is 1. The number of rotatable bonds is 4. The first-order chi connectivity index (χ1) is 10.2. The molecule has 1 saturated carbocycles. The summed E-state index contributed by atoms with van der Waals surface area (Å²) in [5.41, 5.74) is 2.82. The Labute approximate surface area is 124 Å². The zero-order chi connectivity index (χ0) is 14.8. The van der Waals surface area contributed by atoms with Crippen LogP contribution in [0.2, 0.25) is 0 Å². The summed E-state index contributed by atoms with van der Waals surface area (Å²) in [6.45, 7) is 1.48. The van der Waals surface area contributed by atoms with E-state index in [0.717, 1.165) is 35.0 Å². The topological polar surface area (TPSA) is 49.9 Å². The SMILES string of the molecule is CC(=O)CC(=O)c1c(C2CCCCC2)[nH]c2ccccc12. The number of carbonyl (C=O) groups excluding carboxylic acids is 2. The van der Waals surface area contributed by atoms with E-state index < -0.39 is 0 Å². The highest BCUT2D eigenvalue weighted by Gasteiger charge is 2.25. The molecule has 0 atom stereocenters. The van der Waals surface area contributed by atoms with Crippen LogP contribution in [-0.2, 0) is 4.79 Å². The third-order valence-electron chi connectivity index (χ3n) is 4.44. The van der Waals surface area contributed by atoms with Gasteiger partial charge in [-0.3, -0.25) is 9.59 Å². The number of aromatic amines is 1. The summed E-state index contributed by atoms with van der Waals surface area (Å²) in [6, 6.07) is 7.91. The third kappa shape index (κ3) is 2.78. The fraction of sp³-hybridized carbons (Fsp3) is 0.444. The van der Waals surface area contributed by atoms with E-state index in [0.29, 0.717) is 5.92 Å². The molecule has 0 aliphatic heterocycles. The van der Waals surface area contributed by atoms with Crippen LogP contribution >= 0.6 is 0 Å². The van der Waals surface area contributed by atoms with E-state index in [1.54, 1.807) is 0 Å². The van der Waals surface area contributed by atoms with Crippen LogP contribution in [0.3, 0.4) is 0 Å². The first kappa shape index (κ1) is 14.1. The highest BCUT2D eigenvalue weighted by molar-refractivity contribution is 6.15. The van der Waals surface area contributed by atoms with E-state index in [1.807, 2.05) is 24.3 Å². The fourth-order valence-electron chi connectivity index (χ4n) is 3.48. The lowest BCUT2D eigenvalue weighted by molar-refractivity contribution is -0.116. The highest BCUT2D eigenvalue weighted by atomic mass is 16.1. The van der Waals surface area contributed by atoms with Crippen molar-refractivity contribution in [3.8, 4) is 0 Å². The Kier molecular flexibility index (Phi) is 3.91. The molecule has 3 heteroatoms. The molecule has 1 N–H and O–H groups in total. The van der Waals surface area contributed by atoms with Crippen LogP contribution in [0.4, 0.5) is 0 Å². The smallest absolute Gasteiger partial charge is 0.172 e. The van der Waals surface area contributed by atoms with Gasteiger partial charge in [0.25, 0.3) is 0 Å². The van der Waals surface area contributed by atoms with Crippen LogP contribution in [-0.4, -0.2) is 16.6 Å². The van der Waals surface area contributed by atoms with Crippen molar-refractivity contribution in [2.75, 3.05) is 0 Å². The van der Waals surface area contributed by atoms with E-state index >= 15 is 0 Å².